The Balaban J connectivity index is 1.91. The highest BCUT2D eigenvalue weighted by Gasteiger charge is 2.69. The topological polar surface area (TPSA) is 107 Å². The van der Waals surface area contributed by atoms with Crippen molar-refractivity contribution in [1.82, 2.24) is 20.6 Å². The fourth-order valence-corrected chi connectivity index (χ4v) is 5.35. The van der Waals surface area contributed by atoms with Gasteiger partial charge in [0.15, 0.2) is 0 Å². The van der Waals surface area contributed by atoms with Crippen LogP contribution in [0.4, 0.5) is 27.6 Å². The van der Waals surface area contributed by atoms with Gasteiger partial charge in [-0.3, -0.25) is 24.5 Å². The molecule has 2 aliphatic rings. The molecule has 1 saturated carbocycles. The van der Waals surface area contributed by atoms with E-state index in [2.05, 4.69) is 20.6 Å². The molecular formula is C28H34F5N5O3. The summed E-state index contributed by atoms with van der Waals surface area (Å²) in [5, 5.41) is 15.1. The zero-order valence-electron chi connectivity index (χ0n) is 23.0. The highest BCUT2D eigenvalue weighted by molar-refractivity contribution is 6.06. The minimum absolute atomic E-state index is 0.0279. The summed E-state index contributed by atoms with van der Waals surface area (Å²) in [6.45, 7) is 5.71. The maximum absolute atomic E-state index is 15.6. The Hall–Kier alpha value is -3.19. The van der Waals surface area contributed by atoms with Gasteiger partial charge in [0.2, 0.25) is 11.8 Å². The number of rotatable bonds is 6. The van der Waals surface area contributed by atoms with Crippen molar-refractivity contribution in [2.45, 2.75) is 94.1 Å². The number of nitrogens with one attached hydrogen (secondary N) is 2. The van der Waals surface area contributed by atoms with Crippen LogP contribution in [0.5, 0.6) is 0 Å². The first-order valence-corrected chi connectivity index (χ1v) is 13.4. The van der Waals surface area contributed by atoms with Crippen molar-refractivity contribution in [1.29, 1.82) is 0 Å². The number of β-amino-alcohol motifs (C(OH)–C–C–N with tert-alkyl or cyclic N) is 1. The van der Waals surface area contributed by atoms with E-state index >= 15 is 13.2 Å². The highest BCUT2D eigenvalue weighted by Crippen LogP contribution is 2.47. The van der Waals surface area contributed by atoms with Crippen LogP contribution in [-0.4, -0.2) is 63.7 Å². The first-order chi connectivity index (χ1) is 19.1. The van der Waals surface area contributed by atoms with E-state index in [-0.39, 0.29) is 36.9 Å². The maximum Gasteiger partial charge on any atom is 0.427 e. The van der Waals surface area contributed by atoms with Gasteiger partial charge in [0.25, 0.3) is 11.4 Å². The Morgan fingerprint density at radius 2 is 1.71 bits per heavy atom. The Kier molecular flexibility index (Phi) is 8.43. The third kappa shape index (κ3) is 6.20. The van der Waals surface area contributed by atoms with E-state index in [9.17, 15) is 23.5 Å². The summed E-state index contributed by atoms with van der Waals surface area (Å²) in [5.74, 6) is -5.72. The zero-order valence-corrected chi connectivity index (χ0v) is 23.0. The number of benzene rings is 1. The fraction of sp³-hybridized carbons (Fsp3) is 0.571. The lowest BCUT2D eigenvalue weighted by Crippen LogP contribution is -2.69. The smallest absolute Gasteiger partial charge is 0.392 e. The number of nitrogens with zero attached hydrogens (tertiary/aromatic N) is 3. The normalized spacial score (nSPS) is 23.0. The number of aromatic nitrogens is 2. The van der Waals surface area contributed by atoms with E-state index in [1.54, 1.807) is 12.1 Å². The minimum Gasteiger partial charge on any atom is -0.392 e. The van der Waals surface area contributed by atoms with Crippen LogP contribution in [0.2, 0.25) is 0 Å². The number of amides is 2. The molecule has 2 amide bonds. The first-order valence-electron chi connectivity index (χ1n) is 13.4. The molecule has 3 atom stereocenters. The van der Waals surface area contributed by atoms with Crippen molar-refractivity contribution in [3.8, 4) is 0 Å². The third-order valence-electron chi connectivity index (χ3n) is 7.68. The number of alkyl halides is 5. The summed E-state index contributed by atoms with van der Waals surface area (Å²) in [4.78, 5) is 36.1. The number of aliphatic hydroxyl groups excluding tert-OH is 1. The lowest BCUT2D eigenvalue weighted by Gasteiger charge is -2.44. The van der Waals surface area contributed by atoms with Gasteiger partial charge in [0, 0.05) is 43.5 Å². The molecule has 1 aromatic carbocycles. The zero-order chi connectivity index (χ0) is 30.2. The largest absolute Gasteiger partial charge is 0.427 e. The Labute approximate surface area is 234 Å². The number of anilines is 1. The van der Waals surface area contributed by atoms with Crippen LogP contribution in [0.15, 0.2) is 42.9 Å². The van der Waals surface area contributed by atoms with Gasteiger partial charge in [0.05, 0.1) is 18.3 Å². The molecule has 13 heteroatoms. The Morgan fingerprint density at radius 3 is 2.20 bits per heavy atom. The molecule has 0 spiro atoms. The summed E-state index contributed by atoms with van der Waals surface area (Å²) in [5.41, 5.74) is -4.40. The van der Waals surface area contributed by atoms with Crippen molar-refractivity contribution in [2.75, 3.05) is 11.4 Å². The second-order valence-corrected chi connectivity index (χ2v) is 11.7. The third-order valence-corrected chi connectivity index (χ3v) is 7.68. The van der Waals surface area contributed by atoms with Gasteiger partial charge < -0.3 is 15.7 Å². The molecule has 41 heavy (non-hydrogen) atoms. The van der Waals surface area contributed by atoms with E-state index in [1.807, 2.05) is 20.8 Å². The molecular weight excluding hydrogens is 549 g/mol. The number of carbonyl (C=O) groups is 2. The predicted octanol–water partition coefficient (Wildman–Crippen LogP) is 3.98. The van der Waals surface area contributed by atoms with E-state index in [0.29, 0.717) is 4.90 Å². The second-order valence-electron chi connectivity index (χ2n) is 11.7. The minimum atomic E-state index is -5.44. The molecule has 1 saturated heterocycles. The van der Waals surface area contributed by atoms with Gasteiger partial charge in [-0.05, 0) is 42.4 Å². The lowest BCUT2D eigenvalue weighted by atomic mass is 9.85. The number of hydrogen-bond acceptors (Lipinski definition) is 6. The standard InChI is InChI=1S/C28H34F5N5O3/c1-25(2,3)17-4-6-19(7-5-17)38(23(40)21-14-20(39)15-36-21)27(28(31,32)33,22-16-34-12-13-35-22)24(41)37-18-8-10-26(29,30)11-9-18/h4-7,12-13,16,18,20-21,36,39H,8-11,14-15H2,1-3H3,(H,37,41). The Morgan fingerprint density at radius 1 is 1.07 bits per heavy atom. The van der Waals surface area contributed by atoms with Crippen molar-refractivity contribution in [3.63, 3.8) is 0 Å². The summed E-state index contributed by atoms with van der Waals surface area (Å²) >= 11 is 0. The lowest BCUT2D eigenvalue weighted by molar-refractivity contribution is -0.198. The van der Waals surface area contributed by atoms with E-state index in [1.165, 1.54) is 12.1 Å². The SMILES string of the molecule is CC(C)(C)c1ccc(N(C(=O)C2CC(O)CN2)C(C(=O)NC2CCC(F)(F)CC2)(c2cnccn2)C(F)(F)F)cc1. The second kappa shape index (κ2) is 11.2. The molecule has 2 aromatic rings. The van der Waals surface area contributed by atoms with Gasteiger partial charge in [0.1, 0.15) is 5.69 Å². The van der Waals surface area contributed by atoms with Crippen molar-refractivity contribution in [3.05, 3.63) is 54.1 Å². The van der Waals surface area contributed by atoms with Crippen molar-refractivity contribution >= 4 is 17.5 Å². The molecule has 8 nitrogen and oxygen atoms in total. The average Bonchev–Trinajstić information content (AvgIpc) is 3.33. The Bertz CT molecular complexity index is 1230. The van der Waals surface area contributed by atoms with Crippen LogP contribution in [0.1, 0.15) is 64.1 Å². The average molecular weight is 584 g/mol. The van der Waals surface area contributed by atoms with E-state index in [4.69, 9.17) is 0 Å². The summed E-state index contributed by atoms with van der Waals surface area (Å²) in [6.07, 6.45) is -5.39. The summed E-state index contributed by atoms with van der Waals surface area (Å²) in [7, 11) is 0. The van der Waals surface area contributed by atoms with Crippen molar-refractivity contribution < 1.29 is 36.6 Å². The molecule has 0 bridgehead atoms. The number of carbonyl (C=O) groups excluding carboxylic acids is 2. The monoisotopic (exact) mass is 583 g/mol. The summed E-state index contributed by atoms with van der Waals surface area (Å²) < 4.78 is 74.4. The van der Waals surface area contributed by atoms with E-state index in [0.717, 1.165) is 24.2 Å². The number of aliphatic hydroxyl groups is 1. The molecule has 1 aliphatic heterocycles. The van der Waals surface area contributed by atoms with Gasteiger partial charge in [-0.2, -0.15) is 13.2 Å². The molecule has 0 radical (unpaired) electrons. The molecule has 2 heterocycles. The van der Waals surface area contributed by atoms with E-state index < -0.39 is 66.2 Å². The van der Waals surface area contributed by atoms with Crippen LogP contribution in [0, 0.1) is 0 Å². The van der Waals surface area contributed by atoms with Crippen LogP contribution < -0.4 is 15.5 Å². The number of halogens is 5. The van der Waals surface area contributed by atoms with Crippen LogP contribution in [0.25, 0.3) is 0 Å². The highest BCUT2D eigenvalue weighted by atomic mass is 19.4. The van der Waals surface area contributed by atoms with Gasteiger partial charge in [-0.1, -0.05) is 32.9 Å². The number of hydrogen-bond donors (Lipinski definition) is 3. The summed E-state index contributed by atoms with van der Waals surface area (Å²) in [6, 6.07) is 3.58. The maximum atomic E-state index is 15.6. The molecule has 224 valence electrons. The molecule has 2 fully saturated rings. The van der Waals surface area contributed by atoms with Crippen molar-refractivity contribution in [2.24, 2.45) is 0 Å². The van der Waals surface area contributed by atoms with Crippen LogP contribution in [0.3, 0.4) is 0 Å². The van der Waals surface area contributed by atoms with Crippen LogP contribution >= 0.6 is 0 Å². The molecule has 3 N–H and O–H groups in total. The molecule has 4 rings (SSSR count). The fourth-order valence-electron chi connectivity index (χ4n) is 5.35. The molecule has 1 aliphatic carbocycles. The predicted molar refractivity (Wildman–Crippen MR) is 140 cm³/mol. The van der Waals surface area contributed by atoms with Crippen LogP contribution in [-0.2, 0) is 20.5 Å². The first kappa shape index (κ1) is 30.8. The molecule has 1 aromatic heterocycles. The van der Waals surface area contributed by atoms with Gasteiger partial charge >= 0.3 is 6.18 Å². The van der Waals surface area contributed by atoms with Gasteiger partial charge in [-0.15, -0.1) is 0 Å². The molecule has 3 unspecified atom stereocenters. The van der Waals surface area contributed by atoms with Gasteiger partial charge in [-0.25, -0.2) is 8.78 Å². The quantitative estimate of drug-likeness (QED) is 0.445.